The average Bonchev–Trinajstić information content (AvgIpc) is 2.18. The zero-order valence-corrected chi connectivity index (χ0v) is 11.0. The summed E-state index contributed by atoms with van der Waals surface area (Å²) in [5.74, 6) is 0.682. The van der Waals surface area contributed by atoms with E-state index >= 15 is 0 Å². The molecule has 0 fully saturated rings. The molecule has 4 heteroatoms. The molecule has 0 spiro atoms. The van der Waals surface area contributed by atoms with Crippen LogP contribution in [0.3, 0.4) is 0 Å². The van der Waals surface area contributed by atoms with E-state index in [0.29, 0.717) is 18.5 Å². The molecule has 0 aromatic carbocycles. The lowest BCUT2D eigenvalue weighted by atomic mass is 10.4. The first-order chi connectivity index (χ1) is 7.09. The van der Waals surface area contributed by atoms with Crippen LogP contribution in [0.2, 0.25) is 0 Å². The largest absolute Gasteiger partial charge is 0.476 e. The predicted octanol–water partition coefficient (Wildman–Crippen LogP) is 2.53. The maximum Gasteiger partial charge on any atom is 0.213 e. The number of pyridine rings is 1. The monoisotopic (exact) mass is 272 g/mol. The van der Waals surface area contributed by atoms with Gasteiger partial charge in [-0.15, -0.1) is 0 Å². The smallest absolute Gasteiger partial charge is 0.213 e. The van der Waals surface area contributed by atoms with Crippen LogP contribution >= 0.6 is 15.9 Å². The van der Waals surface area contributed by atoms with Crippen molar-refractivity contribution in [3.63, 3.8) is 0 Å². The van der Waals surface area contributed by atoms with E-state index in [0.717, 1.165) is 16.7 Å². The molecular weight excluding hydrogens is 256 g/mol. The number of nitrogens with zero attached hydrogens (tertiary/aromatic N) is 1. The van der Waals surface area contributed by atoms with Gasteiger partial charge in [0, 0.05) is 23.1 Å². The number of aromatic nitrogens is 1. The molecule has 1 N–H and O–H groups in total. The highest BCUT2D eigenvalue weighted by atomic mass is 79.9. The Balaban J connectivity index is 2.35. The summed E-state index contributed by atoms with van der Waals surface area (Å²) < 4.78 is 6.51. The van der Waals surface area contributed by atoms with Gasteiger partial charge in [0.05, 0.1) is 5.69 Å². The van der Waals surface area contributed by atoms with Crippen molar-refractivity contribution < 1.29 is 4.74 Å². The van der Waals surface area contributed by atoms with Crippen LogP contribution < -0.4 is 10.1 Å². The van der Waals surface area contributed by atoms with Crippen LogP contribution in [-0.2, 0) is 0 Å². The molecule has 0 amide bonds. The summed E-state index contributed by atoms with van der Waals surface area (Å²) >= 11 is 3.40. The van der Waals surface area contributed by atoms with Gasteiger partial charge in [0.15, 0.2) is 0 Å². The number of ether oxygens (including phenoxy) is 1. The highest BCUT2D eigenvalue weighted by molar-refractivity contribution is 9.10. The molecule has 0 atom stereocenters. The summed E-state index contributed by atoms with van der Waals surface area (Å²) in [5.41, 5.74) is 0.948. The minimum atomic E-state index is 0.494. The lowest BCUT2D eigenvalue weighted by molar-refractivity contribution is 0.297. The van der Waals surface area contributed by atoms with Gasteiger partial charge in [-0.25, -0.2) is 4.98 Å². The Kier molecular flexibility index (Phi) is 5.05. The lowest BCUT2D eigenvalue weighted by Gasteiger charge is -2.09. The van der Waals surface area contributed by atoms with Crippen LogP contribution in [0.4, 0.5) is 0 Å². The van der Waals surface area contributed by atoms with Crippen LogP contribution in [0.25, 0.3) is 0 Å². The van der Waals surface area contributed by atoms with Crippen LogP contribution in [0, 0.1) is 6.92 Å². The summed E-state index contributed by atoms with van der Waals surface area (Å²) in [4.78, 5) is 4.29. The van der Waals surface area contributed by atoms with E-state index in [-0.39, 0.29) is 0 Å². The Bertz CT molecular complexity index is 315. The number of hydrogen-bond donors (Lipinski definition) is 1. The van der Waals surface area contributed by atoms with E-state index in [1.807, 2.05) is 19.1 Å². The third-order valence-corrected chi connectivity index (χ3v) is 2.74. The molecule has 0 aliphatic heterocycles. The minimum Gasteiger partial charge on any atom is -0.476 e. The van der Waals surface area contributed by atoms with Gasteiger partial charge < -0.3 is 10.1 Å². The number of aryl methyl sites for hydroxylation is 1. The van der Waals surface area contributed by atoms with Crippen molar-refractivity contribution in [2.24, 2.45) is 0 Å². The fourth-order valence-corrected chi connectivity index (χ4v) is 1.33. The third kappa shape index (κ3) is 4.62. The molecule has 84 valence electrons. The molecule has 1 heterocycles. The normalized spacial score (nSPS) is 10.7. The fraction of sp³-hybridized carbons (Fsp3) is 0.545. The van der Waals surface area contributed by atoms with E-state index in [1.165, 1.54) is 0 Å². The first-order valence-corrected chi connectivity index (χ1v) is 5.88. The molecule has 1 aromatic heterocycles. The van der Waals surface area contributed by atoms with Crippen molar-refractivity contribution in [2.45, 2.75) is 26.8 Å². The molecule has 0 aliphatic rings. The zero-order valence-electron chi connectivity index (χ0n) is 9.38. The van der Waals surface area contributed by atoms with E-state index in [9.17, 15) is 0 Å². The quantitative estimate of drug-likeness (QED) is 0.837. The first kappa shape index (κ1) is 12.5. The maximum absolute atomic E-state index is 5.50. The summed E-state index contributed by atoms with van der Waals surface area (Å²) in [6.45, 7) is 7.66. The minimum absolute atomic E-state index is 0.494. The summed E-state index contributed by atoms with van der Waals surface area (Å²) in [6.07, 6.45) is 0. The second kappa shape index (κ2) is 6.08. The van der Waals surface area contributed by atoms with Gasteiger partial charge in [-0.3, -0.25) is 0 Å². The highest BCUT2D eigenvalue weighted by Gasteiger charge is 1.99. The summed E-state index contributed by atoms with van der Waals surface area (Å²) in [7, 11) is 0. The Morgan fingerprint density at radius 1 is 1.47 bits per heavy atom. The highest BCUT2D eigenvalue weighted by Crippen LogP contribution is 2.17. The van der Waals surface area contributed by atoms with Gasteiger partial charge in [0.2, 0.25) is 5.88 Å². The van der Waals surface area contributed by atoms with Gasteiger partial charge in [-0.05, 0) is 28.9 Å². The molecule has 0 unspecified atom stereocenters. The van der Waals surface area contributed by atoms with Gasteiger partial charge in [0.25, 0.3) is 0 Å². The number of rotatable bonds is 5. The van der Waals surface area contributed by atoms with Crippen molar-refractivity contribution in [3.8, 4) is 5.88 Å². The Labute approximate surface area is 99.4 Å². The topological polar surface area (TPSA) is 34.1 Å². The molecule has 0 saturated heterocycles. The zero-order chi connectivity index (χ0) is 11.3. The van der Waals surface area contributed by atoms with Gasteiger partial charge in [0.1, 0.15) is 6.61 Å². The molecule has 0 radical (unpaired) electrons. The first-order valence-electron chi connectivity index (χ1n) is 5.09. The Hall–Kier alpha value is -0.610. The second-order valence-electron chi connectivity index (χ2n) is 3.67. The van der Waals surface area contributed by atoms with E-state index in [4.69, 9.17) is 4.74 Å². The van der Waals surface area contributed by atoms with Crippen LogP contribution in [0.5, 0.6) is 5.88 Å². The average molecular weight is 273 g/mol. The van der Waals surface area contributed by atoms with Gasteiger partial charge in [-0.1, -0.05) is 13.8 Å². The molecule has 0 saturated carbocycles. The van der Waals surface area contributed by atoms with Crippen LogP contribution in [0.15, 0.2) is 16.6 Å². The molecular formula is C11H17BrN2O. The maximum atomic E-state index is 5.50. The van der Waals surface area contributed by atoms with E-state index in [2.05, 4.69) is 40.1 Å². The molecule has 0 bridgehead atoms. The van der Waals surface area contributed by atoms with E-state index in [1.54, 1.807) is 0 Å². The lowest BCUT2D eigenvalue weighted by Crippen LogP contribution is -2.27. The fourth-order valence-electron chi connectivity index (χ4n) is 1.10. The van der Waals surface area contributed by atoms with Crippen molar-refractivity contribution in [2.75, 3.05) is 13.2 Å². The summed E-state index contributed by atoms with van der Waals surface area (Å²) in [5, 5.41) is 3.28. The predicted molar refractivity (Wildman–Crippen MR) is 65.3 cm³/mol. The molecule has 1 rings (SSSR count). The standard InChI is InChI=1S/C11H17BrN2O/c1-8(2)13-6-7-15-11-5-4-10(12)9(3)14-11/h4-5,8,13H,6-7H2,1-3H3. The SMILES string of the molecule is Cc1nc(OCCNC(C)C)ccc1Br. The van der Waals surface area contributed by atoms with Crippen molar-refractivity contribution >= 4 is 15.9 Å². The molecule has 3 nitrogen and oxygen atoms in total. The Morgan fingerprint density at radius 2 is 2.20 bits per heavy atom. The van der Waals surface area contributed by atoms with Gasteiger partial charge >= 0.3 is 0 Å². The second-order valence-corrected chi connectivity index (χ2v) is 4.53. The molecule has 15 heavy (non-hydrogen) atoms. The Morgan fingerprint density at radius 3 is 2.80 bits per heavy atom. The number of nitrogens with one attached hydrogen (secondary N) is 1. The third-order valence-electron chi connectivity index (χ3n) is 1.90. The molecule has 0 aliphatic carbocycles. The number of halogens is 1. The van der Waals surface area contributed by atoms with Crippen LogP contribution in [-0.4, -0.2) is 24.2 Å². The van der Waals surface area contributed by atoms with Crippen molar-refractivity contribution in [3.05, 3.63) is 22.3 Å². The number of hydrogen-bond acceptors (Lipinski definition) is 3. The van der Waals surface area contributed by atoms with E-state index < -0.39 is 0 Å². The summed E-state index contributed by atoms with van der Waals surface area (Å²) in [6, 6.07) is 4.31. The van der Waals surface area contributed by atoms with Crippen LogP contribution in [0.1, 0.15) is 19.5 Å². The van der Waals surface area contributed by atoms with Crippen molar-refractivity contribution in [1.82, 2.24) is 10.3 Å². The molecule has 1 aromatic rings. The van der Waals surface area contributed by atoms with Crippen molar-refractivity contribution in [1.29, 1.82) is 0 Å². The van der Waals surface area contributed by atoms with Gasteiger partial charge in [-0.2, -0.15) is 0 Å².